The molecule has 1 aromatic rings. The van der Waals surface area contributed by atoms with Gasteiger partial charge in [-0.05, 0) is 31.2 Å². The van der Waals surface area contributed by atoms with Gasteiger partial charge in [0.05, 0.1) is 12.7 Å². The topological polar surface area (TPSA) is 29.5 Å². The molecular formula is C16H20O2. The lowest BCUT2D eigenvalue weighted by Crippen LogP contribution is -2.35. The van der Waals surface area contributed by atoms with E-state index >= 15 is 0 Å². The quantitative estimate of drug-likeness (QED) is 0.764. The first-order valence-electron chi connectivity index (χ1n) is 6.74. The van der Waals surface area contributed by atoms with Crippen LogP contribution in [0.1, 0.15) is 31.9 Å². The minimum absolute atomic E-state index is 0.0196. The van der Waals surface area contributed by atoms with Crippen molar-refractivity contribution in [1.82, 2.24) is 0 Å². The lowest BCUT2D eigenvalue weighted by atomic mass is 9.71. The number of benzene rings is 1. The van der Waals surface area contributed by atoms with E-state index in [1.165, 1.54) is 12.0 Å². The van der Waals surface area contributed by atoms with E-state index in [4.69, 9.17) is 4.74 Å². The molecule has 1 fully saturated rings. The predicted molar refractivity (Wildman–Crippen MR) is 71.3 cm³/mol. The number of ether oxygens (including phenoxy) is 1. The number of hydrogen-bond acceptors (Lipinski definition) is 2. The first kappa shape index (κ1) is 11.8. The monoisotopic (exact) mass is 244 g/mol. The SMILES string of the molecule is CC1=C[C@H](C)[C@H]2CO[C@@H](c3ccccc3O)[C@@H]1C2. The van der Waals surface area contributed by atoms with Gasteiger partial charge in [0.15, 0.2) is 0 Å². The van der Waals surface area contributed by atoms with E-state index in [-0.39, 0.29) is 6.10 Å². The van der Waals surface area contributed by atoms with Gasteiger partial charge in [-0.1, -0.05) is 36.8 Å². The van der Waals surface area contributed by atoms with E-state index in [0.29, 0.717) is 23.5 Å². The zero-order chi connectivity index (χ0) is 12.7. The van der Waals surface area contributed by atoms with Crippen LogP contribution in [0.25, 0.3) is 0 Å². The Bertz CT molecular complexity index is 478. The summed E-state index contributed by atoms with van der Waals surface area (Å²) in [6, 6.07) is 7.55. The highest BCUT2D eigenvalue weighted by atomic mass is 16.5. The van der Waals surface area contributed by atoms with Crippen molar-refractivity contribution >= 4 is 0 Å². The van der Waals surface area contributed by atoms with Gasteiger partial charge >= 0.3 is 0 Å². The van der Waals surface area contributed by atoms with E-state index in [1.807, 2.05) is 18.2 Å². The molecule has 0 amide bonds. The molecule has 0 saturated carbocycles. The standard InChI is InChI=1S/C16H20O2/c1-10-7-11(2)14-8-12(10)9-18-16(14)13-5-3-4-6-15(13)17/h3-7,10,12,14,16-17H,8-9H2,1-2H3/t10-,12+,14+,16-/m0/s1. The Kier molecular flexibility index (Phi) is 2.90. The van der Waals surface area contributed by atoms with Gasteiger partial charge in [0.2, 0.25) is 0 Å². The first-order valence-corrected chi connectivity index (χ1v) is 6.74. The van der Waals surface area contributed by atoms with E-state index < -0.39 is 0 Å². The van der Waals surface area contributed by atoms with E-state index in [1.54, 1.807) is 6.07 Å². The molecule has 1 saturated heterocycles. The Balaban J connectivity index is 1.96. The molecule has 4 atom stereocenters. The molecule has 2 heteroatoms. The van der Waals surface area contributed by atoms with Crippen LogP contribution < -0.4 is 0 Å². The Morgan fingerprint density at radius 2 is 2.06 bits per heavy atom. The van der Waals surface area contributed by atoms with Crippen LogP contribution in [0.15, 0.2) is 35.9 Å². The maximum atomic E-state index is 10.00. The fourth-order valence-corrected chi connectivity index (χ4v) is 3.36. The van der Waals surface area contributed by atoms with Gasteiger partial charge in [-0.2, -0.15) is 0 Å². The fourth-order valence-electron chi connectivity index (χ4n) is 3.36. The van der Waals surface area contributed by atoms with Crippen molar-refractivity contribution in [3.05, 3.63) is 41.5 Å². The van der Waals surface area contributed by atoms with Crippen LogP contribution in [-0.4, -0.2) is 11.7 Å². The van der Waals surface area contributed by atoms with Gasteiger partial charge in [-0.15, -0.1) is 0 Å². The molecule has 0 unspecified atom stereocenters. The van der Waals surface area contributed by atoms with Crippen molar-refractivity contribution in [1.29, 1.82) is 0 Å². The van der Waals surface area contributed by atoms with Crippen molar-refractivity contribution in [3.8, 4) is 5.75 Å². The van der Waals surface area contributed by atoms with Crippen LogP contribution in [-0.2, 0) is 4.74 Å². The second-order valence-corrected chi connectivity index (χ2v) is 5.68. The normalized spacial score (nSPS) is 35.1. The molecule has 18 heavy (non-hydrogen) atoms. The molecule has 1 aliphatic heterocycles. The van der Waals surface area contributed by atoms with Crippen LogP contribution in [0.3, 0.4) is 0 Å². The molecule has 0 radical (unpaired) electrons. The van der Waals surface area contributed by atoms with Gasteiger partial charge in [0, 0.05) is 11.5 Å². The molecule has 0 spiro atoms. The number of rotatable bonds is 1. The Morgan fingerprint density at radius 3 is 2.83 bits per heavy atom. The number of phenolic OH excluding ortho intramolecular Hbond substituents is 1. The number of fused-ring (bicyclic) bond motifs is 2. The van der Waals surface area contributed by atoms with Crippen molar-refractivity contribution in [3.63, 3.8) is 0 Å². The third kappa shape index (κ3) is 1.85. The Hall–Kier alpha value is -1.28. The first-order chi connectivity index (χ1) is 8.66. The molecule has 2 aliphatic rings. The smallest absolute Gasteiger partial charge is 0.121 e. The molecule has 1 aromatic carbocycles. The van der Waals surface area contributed by atoms with Crippen LogP contribution in [0.5, 0.6) is 5.75 Å². The summed E-state index contributed by atoms with van der Waals surface area (Å²) in [7, 11) is 0. The van der Waals surface area contributed by atoms with Gasteiger partial charge < -0.3 is 9.84 Å². The average molecular weight is 244 g/mol. The summed E-state index contributed by atoms with van der Waals surface area (Å²) in [5, 5.41) is 10.00. The molecule has 1 heterocycles. The molecular weight excluding hydrogens is 224 g/mol. The number of allylic oxidation sites excluding steroid dienone is 1. The second-order valence-electron chi connectivity index (χ2n) is 5.68. The van der Waals surface area contributed by atoms with Gasteiger partial charge in [-0.3, -0.25) is 0 Å². The molecule has 2 bridgehead atoms. The third-order valence-corrected chi connectivity index (χ3v) is 4.51. The Morgan fingerprint density at radius 1 is 1.28 bits per heavy atom. The maximum Gasteiger partial charge on any atom is 0.121 e. The average Bonchev–Trinajstić information content (AvgIpc) is 2.37. The van der Waals surface area contributed by atoms with Crippen molar-refractivity contribution < 1.29 is 9.84 Å². The summed E-state index contributed by atoms with van der Waals surface area (Å²) in [5.74, 6) is 2.04. The largest absolute Gasteiger partial charge is 0.508 e. The minimum Gasteiger partial charge on any atom is -0.508 e. The van der Waals surface area contributed by atoms with Crippen molar-refractivity contribution in [2.75, 3.05) is 6.61 Å². The van der Waals surface area contributed by atoms with Crippen LogP contribution in [0.2, 0.25) is 0 Å². The summed E-state index contributed by atoms with van der Waals surface area (Å²) in [4.78, 5) is 0. The third-order valence-electron chi connectivity index (χ3n) is 4.51. The van der Waals surface area contributed by atoms with E-state index in [9.17, 15) is 5.11 Å². The van der Waals surface area contributed by atoms with Crippen LogP contribution in [0.4, 0.5) is 0 Å². The number of phenols is 1. The number of para-hydroxylation sites is 1. The minimum atomic E-state index is 0.0196. The van der Waals surface area contributed by atoms with Crippen molar-refractivity contribution in [2.45, 2.75) is 26.4 Å². The summed E-state index contributed by atoms with van der Waals surface area (Å²) in [6.45, 7) is 5.27. The summed E-state index contributed by atoms with van der Waals surface area (Å²) < 4.78 is 6.05. The summed E-state index contributed by atoms with van der Waals surface area (Å²) in [5.41, 5.74) is 2.34. The zero-order valence-corrected chi connectivity index (χ0v) is 11.0. The highest BCUT2D eigenvalue weighted by molar-refractivity contribution is 5.36. The highest BCUT2D eigenvalue weighted by Gasteiger charge is 2.38. The van der Waals surface area contributed by atoms with Crippen LogP contribution in [0, 0.1) is 17.8 Å². The van der Waals surface area contributed by atoms with E-state index in [0.717, 1.165) is 12.2 Å². The fraction of sp³-hybridized carbons (Fsp3) is 0.500. The predicted octanol–water partition coefficient (Wildman–Crippen LogP) is 3.68. The Labute approximate surface area is 108 Å². The second kappa shape index (κ2) is 4.43. The van der Waals surface area contributed by atoms with Gasteiger partial charge in [-0.25, -0.2) is 0 Å². The summed E-state index contributed by atoms with van der Waals surface area (Å²) >= 11 is 0. The highest BCUT2D eigenvalue weighted by Crippen LogP contribution is 2.47. The molecule has 96 valence electrons. The van der Waals surface area contributed by atoms with Gasteiger partial charge in [0.1, 0.15) is 5.75 Å². The molecule has 1 N–H and O–H groups in total. The molecule has 1 aliphatic carbocycles. The van der Waals surface area contributed by atoms with Gasteiger partial charge in [0.25, 0.3) is 0 Å². The summed E-state index contributed by atoms with van der Waals surface area (Å²) in [6.07, 6.45) is 3.59. The molecule has 0 aromatic heterocycles. The molecule has 2 nitrogen and oxygen atoms in total. The number of hydrogen-bond donors (Lipinski definition) is 1. The maximum absolute atomic E-state index is 10.00. The van der Waals surface area contributed by atoms with Crippen LogP contribution >= 0.6 is 0 Å². The number of aromatic hydroxyl groups is 1. The van der Waals surface area contributed by atoms with Crippen molar-refractivity contribution in [2.24, 2.45) is 17.8 Å². The van der Waals surface area contributed by atoms with E-state index in [2.05, 4.69) is 19.9 Å². The molecule has 3 rings (SSSR count). The zero-order valence-electron chi connectivity index (χ0n) is 11.0. The lowest BCUT2D eigenvalue weighted by Gasteiger charge is -2.42. The lowest BCUT2D eigenvalue weighted by molar-refractivity contribution is -0.0627.